The van der Waals surface area contributed by atoms with Gasteiger partial charge in [-0.3, -0.25) is 9.80 Å². The quantitative estimate of drug-likeness (QED) is 0.866. The molecule has 3 saturated heterocycles. The van der Waals surface area contributed by atoms with Crippen molar-refractivity contribution < 1.29 is 5.11 Å². The Kier molecular flexibility index (Phi) is 4.16. The number of fused-ring (bicyclic) bond motifs is 3. The summed E-state index contributed by atoms with van der Waals surface area (Å²) in [6.45, 7) is 5.72. The summed E-state index contributed by atoms with van der Waals surface area (Å²) in [5, 5.41) is 10.4. The van der Waals surface area contributed by atoms with E-state index in [0.717, 1.165) is 38.9 Å². The Labute approximate surface area is 115 Å². The number of aliphatic hydroxyl groups excluding tert-OH is 1. The molecule has 2 atom stereocenters. The number of benzene rings is 1. The first kappa shape index (κ1) is 13.1. The fourth-order valence-electron chi connectivity index (χ4n) is 3.37. The Bertz CT molecular complexity index is 387. The lowest BCUT2D eigenvalue weighted by Crippen LogP contribution is -2.64. The van der Waals surface area contributed by atoms with E-state index < -0.39 is 0 Å². The first-order valence-corrected chi connectivity index (χ1v) is 7.51. The Morgan fingerprint density at radius 1 is 1.11 bits per heavy atom. The number of nitrogens with zero attached hydrogens (tertiary/aromatic N) is 2. The molecule has 0 aliphatic carbocycles. The van der Waals surface area contributed by atoms with Crippen molar-refractivity contribution in [3.05, 3.63) is 35.9 Å². The summed E-state index contributed by atoms with van der Waals surface area (Å²) in [4.78, 5) is 4.97. The molecule has 0 radical (unpaired) electrons. The van der Waals surface area contributed by atoms with Crippen molar-refractivity contribution in [2.75, 3.05) is 32.7 Å². The first-order valence-electron chi connectivity index (χ1n) is 7.51. The fourth-order valence-corrected chi connectivity index (χ4v) is 3.37. The van der Waals surface area contributed by atoms with Crippen LogP contribution >= 0.6 is 0 Å². The Balaban J connectivity index is 1.45. The van der Waals surface area contributed by atoms with E-state index in [4.69, 9.17) is 0 Å². The standard InChI is InChI=1S/C16H24N2O/c19-16(8-4-7-14-5-2-1-3-6-14)15-13-17-9-11-18(15)12-10-17/h1-3,5-6,15-16,19H,4,7-13H2. The highest BCUT2D eigenvalue weighted by atomic mass is 16.3. The zero-order valence-electron chi connectivity index (χ0n) is 11.5. The number of rotatable bonds is 5. The highest BCUT2D eigenvalue weighted by molar-refractivity contribution is 5.14. The van der Waals surface area contributed by atoms with Gasteiger partial charge in [0.1, 0.15) is 0 Å². The van der Waals surface area contributed by atoms with Crippen molar-refractivity contribution in [2.24, 2.45) is 0 Å². The highest BCUT2D eigenvalue weighted by Crippen LogP contribution is 2.20. The van der Waals surface area contributed by atoms with Gasteiger partial charge in [-0.05, 0) is 24.8 Å². The van der Waals surface area contributed by atoms with Crippen LogP contribution in [0.3, 0.4) is 0 Å². The molecule has 3 heteroatoms. The maximum absolute atomic E-state index is 10.4. The van der Waals surface area contributed by atoms with E-state index in [1.54, 1.807) is 0 Å². The Morgan fingerprint density at radius 2 is 1.84 bits per heavy atom. The average molecular weight is 260 g/mol. The van der Waals surface area contributed by atoms with Crippen LogP contribution in [0.15, 0.2) is 30.3 Å². The predicted octanol–water partition coefficient (Wildman–Crippen LogP) is 1.37. The zero-order chi connectivity index (χ0) is 13.1. The number of aryl methyl sites for hydroxylation is 1. The van der Waals surface area contributed by atoms with Crippen LogP contribution in [0.4, 0.5) is 0 Å². The van der Waals surface area contributed by atoms with Crippen LogP contribution in [0, 0.1) is 0 Å². The van der Waals surface area contributed by atoms with Gasteiger partial charge in [0.2, 0.25) is 0 Å². The summed E-state index contributed by atoms with van der Waals surface area (Å²) in [5.74, 6) is 0. The lowest BCUT2D eigenvalue weighted by Gasteiger charge is -2.49. The van der Waals surface area contributed by atoms with Gasteiger partial charge < -0.3 is 5.11 Å². The molecule has 19 heavy (non-hydrogen) atoms. The largest absolute Gasteiger partial charge is 0.391 e. The van der Waals surface area contributed by atoms with Crippen molar-refractivity contribution in [3.8, 4) is 0 Å². The molecule has 3 fully saturated rings. The number of aliphatic hydroxyl groups is 1. The molecule has 1 aromatic carbocycles. The highest BCUT2D eigenvalue weighted by Gasteiger charge is 2.35. The maximum atomic E-state index is 10.4. The molecule has 2 unspecified atom stereocenters. The Morgan fingerprint density at radius 3 is 2.47 bits per heavy atom. The monoisotopic (exact) mass is 260 g/mol. The third-order valence-corrected chi connectivity index (χ3v) is 4.57. The molecular formula is C16H24N2O. The van der Waals surface area contributed by atoms with E-state index in [2.05, 4.69) is 40.1 Å². The van der Waals surface area contributed by atoms with E-state index >= 15 is 0 Å². The SMILES string of the molecule is OC(CCCc1ccccc1)C1CN2CCN1CC2. The lowest BCUT2D eigenvalue weighted by molar-refractivity contribution is -0.0484. The van der Waals surface area contributed by atoms with Crippen LogP contribution in [-0.2, 0) is 6.42 Å². The zero-order valence-corrected chi connectivity index (χ0v) is 11.5. The summed E-state index contributed by atoms with van der Waals surface area (Å²) >= 11 is 0. The molecule has 3 heterocycles. The van der Waals surface area contributed by atoms with Crippen molar-refractivity contribution in [1.29, 1.82) is 0 Å². The summed E-state index contributed by atoms with van der Waals surface area (Å²) in [6.07, 6.45) is 2.92. The summed E-state index contributed by atoms with van der Waals surface area (Å²) in [6, 6.07) is 10.9. The summed E-state index contributed by atoms with van der Waals surface area (Å²) in [7, 11) is 0. The molecule has 1 aromatic rings. The molecule has 0 amide bonds. The fraction of sp³-hybridized carbons (Fsp3) is 0.625. The molecule has 3 aliphatic heterocycles. The number of hydrogen-bond acceptors (Lipinski definition) is 3. The third kappa shape index (κ3) is 3.16. The van der Waals surface area contributed by atoms with E-state index in [-0.39, 0.29) is 6.10 Å². The summed E-state index contributed by atoms with van der Waals surface area (Å²) in [5.41, 5.74) is 1.38. The second kappa shape index (κ2) is 6.04. The van der Waals surface area contributed by atoms with Gasteiger partial charge in [-0.2, -0.15) is 0 Å². The molecule has 3 nitrogen and oxygen atoms in total. The molecule has 0 aromatic heterocycles. The average Bonchev–Trinajstić information content (AvgIpc) is 2.49. The van der Waals surface area contributed by atoms with Gasteiger partial charge in [0.25, 0.3) is 0 Å². The van der Waals surface area contributed by atoms with Crippen molar-refractivity contribution in [2.45, 2.75) is 31.4 Å². The molecule has 4 rings (SSSR count). The van der Waals surface area contributed by atoms with Gasteiger partial charge in [-0.15, -0.1) is 0 Å². The molecule has 0 saturated carbocycles. The minimum absolute atomic E-state index is 0.160. The van der Waals surface area contributed by atoms with Crippen LogP contribution in [0.2, 0.25) is 0 Å². The van der Waals surface area contributed by atoms with Gasteiger partial charge in [-0.25, -0.2) is 0 Å². The van der Waals surface area contributed by atoms with Crippen LogP contribution in [-0.4, -0.2) is 59.8 Å². The normalized spacial score (nSPS) is 31.3. The van der Waals surface area contributed by atoms with Crippen LogP contribution in [0.25, 0.3) is 0 Å². The molecule has 2 bridgehead atoms. The molecule has 3 aliphatic rings. The van der Waals surface area contributed by atoms with Crippen molar-refractivity contribution in [1.82, 2.24) is 9.80 Å². The molecule has 0 spiro atoms. The summed E-state index contributed by atoms with van der Waals surface area (Å²) < 4.78 is 0. The van der Waals surface area contributed by atoms with E-state index in [1.165, 1.54) is 18.7 Å². The van der Waals surface area contributed by atoms with Crippen LogP contribution < -0.4 is 0 Å². The molecule has 104 valence electrons. The second-order valence-electron chi connectivity index (χ2n) is 5.85. The van der Waals surface area contributed by atoms with Gasteiger partial charge in [0.15, 0.2) is 0 Å². The van der Waals surface area contributed by atoms with Crippen LogP contribution in [0.1, 0.15) is 18.4 Å². The van der Waals surface area contributed by atoms with Gasteiger partial charge in [-0.1, -0.05) is 30.3 Å². The van der Waals surface area contributed by atoms with Crippen LogP contribution in [0.5, 0.6) is 0 Å². The Hall–Kier alpha value is -0.900. The molecule has 1 N–H and O–H groups in total. The molecular weight excluding hydrogens is 236 g/mol. The van der Waals surface area contributed by atoms with Gasteiger partial charge >= 0.3 is 0 Å². The number of piperazine rings is 3. The predicted molar refractivity (Wildman–Crippen MR) is 77.2 cm³/mol. The van der Waals surface area contributed by atoms with E-state index in [1.807, 2.05) is 0 Å². The third-order valence-electron chi connectivity index (χ3n) is 4.57. The second-order valence-corrected chi connectivity index (χ2v) is 5.85. The van der Waals surface area contributed by atoms with Gasteiger partial charge in [0, 0.05) is 38.8 Å². The van der Waals surface area contributed by atoms with E-state index in [9.17, 15) is 5.11 Å². The minimum atomic E-state index is -0.160. The maximum Gasteiger partial charge on any atom is 0.0708 e. The lowest BCUT2D eigenvalue weighted by atomic mass is 9.97. The smallest absolute Gasteiger partial charge is 0.0708 e. The topological polar surface area (TPSA) is 26.7 Å². The number of hydrogen-bond donors (Lipinski definition) is 1. The van der Waals surface area contributed by atoms with E-state index in [0.29, 0.717) is 6.04 Å². The minimum Gasteiger partial charge on any atom is -0.391 e. The first-order chi connectivity index (χ1) is 9.33. The van der Waals surface area contributed by atoms with Crippen molar-refractivity contribution in [3.63, 3.8) is 0 Å². The van der Waals surface area contributed by atoms with Crippen molar-refractivity contribution >= 4 is 0 Å². The van der Waals surface area contributed by atoms with Gasteiger partial charge in [0.05, 0.1) is 6.10 Å².